The van der Waals surface area contributed by atoms with Crippen LogP contribution in [0.25, 0.3) is 10.9 Å². The second-order valence-corrected chi connectivity index (χ2v) is 5.73. The fourth-order valence-electron chi connectivity index (χ4n) is 2.44. The van der Waals surface area contributed by atoms with Crippen LogP contribution in [0.4, 0.5) is 0 Å². The summed E-state index contributed by atoms with van der Waals surface area (Å²) in [5.74, 6) is 0.512. The SMILES string of the molecule is COc1cc(C=Nn2c(=O)[nH]c3ccccc3c2=O)cc(Cl)c1OCC#N. The summed E-state index contributed by atoms with van der Waals surface area (Å²) >= 11 is 6.16. The summed E-state index contributed by atoms with van der Waals surface area (Å²) in [5, 5.41) is 13.1. The quantitative estimate of drug-likeness (QED) is 0.678. The Hall–Kier alpha value is -3.57. The summed E-state index contributed by atoms with van der Waals surface area (Å²) < 4.78 is 11.2. The molecule has 0 spiro atoms. The summed E-state index contributed by atoms with van der Waals surface area (Å²) in [4.78, 5) is 27.2. The van der Waals surface area contributed by atoms with Crippen molar-refractivity contribution < 1.29 is 9.47 Å². The summed E-state index contributed by atoms with van der Waals surface area (Å²) in [6.45, 7) is -0.189. The van der Waals surface area contributed by atoms with Gasteiger partial charge >= 0.3 is 5.69 Å². The Morgan fingerprint density at radius 1 is 1.33 bits per heavy atom. The van der Waals surface area contributed by atoms with Gasteiger partial charge in [-0.25, -0.2) is 4.79 Å². The van der Waals surface area contributed by atoms with Gasteiger partial charge in [0.25, 0.3) is 5.56 Å². The lowest BCUT2D eigenvalue weighted by molar-refractivity contribution is 0.330. The van der Waals surface area contributed by atoms with Crippen molar-refractivity contribution >= 4 is 28.7 Å². The molecular weight excluding hydrogens is 372 g/mol. The van der Waals surface area contributed by atoms with Crippen molar-refractivity contribution in [2.45, 2.75) is 0 Å². The molecule has 1 N–H and O–H groups in total. The molecule has 0 amide bonds. The zero-order chi connectivity index (χ0) is 19.4. The van der Waals surface area contributed by atoms with Gasteiger partial charge in [-0.15, -0.1) is 4.68 Å². The van der Waals surface area contributed by atoms with E-state index in [0.29, 0.717) is 22.2 Å². The minimum Gasteiger partial charge on any atom is -0.493 e. The number of aromatic nitrogens is 2. The molecule has 0 atom stereocenters. The Morgan fingerprint density at radius 2 is 2.11 bits per heavy atom. The molecule has 9 heteroatoms. The zero-order valence-corrected chi connectivity index (χ0v) is 14.9. The van der Waals surface area contributed by atoms with Gasteiger partial charge in [0.1, 0.15) is 6.07 Å². The van der Waals surface area contributed by atoms with Crippen LogP contribution in [0.5, 0.6) is 11.5 Å². The van der Waals surface area contributed by atoms with Gasteiger partial charge in [0.2, 0.25) is 0 Å². The van der Waals surface area contributed by atoms with Crippen LogP contribution in [0.15, 0.2) is 51.1 Å². The first-order valence-electron chi connectivity index (χ1n) is 7.71. The number of nitrogens with zero attached hydrogens (tertiary/aromatic N) is 3. The van der Waals surface area contributed by atoms with Gasteiger partial charge in [-0.2, -0.15) is 10.4 Å². The fourth-order valence-corrected chi connectivity index (χ4v) is 2.71. The van der Waals surface area contributed by atoms with Crippen LogP contribution in [0.2, 0.25) is 5.02 Å². The van der Waals surface area contributed by atoms with E-state index in [0.717, 1.165) is 4.68 Å². The third kappa shape index (κ3) is 3.68. The van der Waals surface area contributed by atoms with Crippen molar-refractivity contribution in [2.24, 2.45) is 5.10 Å². The summed E-state index contributed by atoms with van der Waals surface area (Å²) in [6.07, 6.45) is 1.30. The normalized spacial score (nSPS) is 10.9. The van der Waals surface area contributed by atoms with Gasteiger partial charge < -0.3 is 14.5 Å². The standard InChI is InChI=1S/C18H13ClN4O4/c1-26-15-9-11(8-13(19)16(15)27-7-6-20)10-21-23-17(24)12-4-2-3-5-14(12)22-18(23)25/h2-5,8-10H,7H2,1H3,(H,22,25). The van der Waals surface area contributed by atoms with Crippen molar-refractivity contribution in [2.75, 3.05) is 13.7 Å². The predicted molar refractivity (Wildman–Crippen MR) is 101 cm³/mol. The number of fused-ring (bicyclic) bond motifs is 1. The number of para-hydroxylation sites is 1. The van der Waals surface area contributed by atoms with Crippen LogP contribution >= 0.6 is 11.6 Å². The van der Waals surface area contributed by atoms with E-state index in [4.69, 9.17) is 26.3 Å². The van der Waals surface area contributed by atoms with E-state index >= 15 is 0 Å². The molecule has 1 heterocycles. The number of hydrogen-bond acceptors (Lipinski definition) is 6. The summed E-state index contributed by atoms with van der Waals surface area (Å²) in [5.41, 5.74) is -0.303. The van der Waals surface area contributed by atoms with Crippen LogP contribution in [0, 0.1) is 11.3 Å². The number of ether oxygens (including phenoxy) is 2. The van der Waals surface area contributed by atoms with E-state index in [9.17, 15) is 9.59 Å². The minimum atomic E-state index is -0.665. The zero-order valence-electron chi connectivity index (χ0n) is 14.1. The number of benzene rings is 2. The second kappa shape index (κ2) is 7.76. The highest BCUT2D eigenvalue weighted by molar-refractivity contribution is 6.32. The molecule has 0 saturated heterocycles. The van der Waals surface area contributed by atoms with Gasteiger partial charge in [0.15, 0.2) is 18.1 Å². The second-order valence-electron chi connectivity index (χ2n) is 5.32. The van der Waals surface area contributed by atoms with Crippen LogP contribution < -0.4 is 20.7 Å². The van der Waals surface area contributed by atoms with Crippen LogP contribution in [0.3, 0.4) is 0 Å². The molecule has 0 radical (unpaired) electrons. The molecule has 0 aliphatic rings. The lowest BCUT2D eigenvalue weighted by Crippen LogP contribution is -2.32. The number of rotatable bonds is 5. The lowest BCUT2D eigenvalue weighted by Gasteiger charge is -2.11. The molecule has 1 aromatic heterocycles. The highest BCUT2D eigenvalue weighted by atomic mass is 35.5. The molecule has 0 saturated carbocycles. The van der Waals surface area contributed by atoms with Gasteiger partial charge in [0.05, 0.1) is 29.2 Å². The minimum absolute atomic E-state index is 0.189. The molecule has 0 fully saturated rings. The average molecular weight is 385 g/mol. The molecule has 2 aromatic carbocycles. The highest BCUT2D eigenvalue weighted by Crippen LogP contribution is 2.35. The first-order chi connectivity index (χ1) is 13.0. The van der Waals surface area contributed by atoms with Gasteiger partial charge in [-0.3, -0.25) is 4.79 Å². The highest BCUT2D eigenvalue weighted by Gasteiger charge is 2.12. The molecule has 0 aliphatic carbocycles. The number of halogens is 1. The third-order valence-electron chi connectivity index (χ3n) is 3.64. The lowest BCUT2D eigenvalue weighted by atomic mass is 10.2. The van der Waals surface area contributed by atoms with Crippen molar-refractivity contribution in [3.8, 4) is 17.6 Å². The number of nitrogens with one attached hydrogen (secondary N) is 1. The van der Waals surface area contributed by atoms with Crippen molar-refractivity contribution in [3.63, 3.8) is 0 Å². The summed E-state index contributed by atoms with van der Waals surface area (Å²) in [7, 11) is 1.42. The Balaban J connectivity index is 2.03. The Labute approximate surface area is 157 Å². The molecule has 0 aliphatic heterocycles. The van der Waals surface area contributed by atoms with E-state index in [1.807, 2.05) is 6.07 Å². The fraction of sp³-hybridized carbons (Fsp3) is 0.111. The molecule has 27 heavy (non-hydrogen) atoms. The first kappa shape index (κ1) is 18.2. The molecule has 136 valence electrons. The van der Waals surface area contributed by atoms with E-state index in [1.165, 1.54) is 19.4 Å². The van der Waals surface area contributed by atoms with Crippen molar-refractivity contribution in [3.05, 3.63) is 67.8 Å². The van der Waals surface area contributed by atoms with Gasteiger partial charge in [0, 0.05) is 0 Å². The van der Waals surface area contributed by atoms with Crippen molar-refractivity contribution in [1.29, 1.82) is 5.26 Å². The number of aromatic amines is 1. The predicted octanol–water partition coefficient (Wildman–Crippen LogP) is 2.14. The maximum atomic E-state index is 12.5. The topological polar surface area (TPSA) is 109 Å². The Kier molecular flexibility index (Phi) is 5.24. The van der Waals surface area contributed by atoms with Crippen molar-refractivity contribution in [1.82, 2.24) is 9.66 Å². The maximum Gasteiger partial charge on any atom is 0.349 e. The smallest absolute Gasteiger partial charge is 0.349 e. The van der Waals surface area contributed by atoms with E-state index < -0.39 is 11.2 Å². The molecule has 0 unspecified atom stereocenters. The van der Waals surface area contributed by atoms with Gasteiger partial charge in [-0.05, 0) is 29.8 Å². The number of methoxy groups -OCH3 is 1. The van der Waals surface area contributed by atoms with Crippen LogP contribution in [-0.2, 0) is 0 Å². The monoisotopic (exact) mass is 384 g/mol. The molecular formula is C18H13ClN4O4. The largest absolute Gasteiger partial charge is 0.493 e. The number of hydrogen-bond donors (Lipinski definition) is 1. The van der Waals surface area contributed by atoms with E-state index in [-0.39, 0.29) is 17.4 Å². The van der Waals surface area contributed by atoms with Crippen LogP contribution in [-0.4, -0.2) is 29.6 Å². The third-order valence-corrected chi connectivity index (χ3v) is 3.92. The molecule has 3 rings (SSSR count). The molecule has 3 aromatic rings. The number of nitriles is 1. The molecule has 0 bridgehead atoms. The molecule has 8 nitrogen and oxygen atoms in total. The maximum absolute atomic E-state index is 12.5. The first-order valence-corrected chi connectivity index (χ1v) is 8.08. The number of H-pyrrole nitrogens is 1. The average Bonchev–Trinajstić information content (AvgIpc) is 2.66. The van der Waals surface area contributed by atoms with Gasteiger partial charge in [-0.1, -0.05) is 23.7 Å². The van der Waals surface area contributed by atoms with E-state index in [2.05, 4.69) is 10.1 Å². The Morgan fingerprint density at radius 3 is 2.85 bits per heavy atom. The van der Waals surface area contributed by atoms with Crippen LogP contribution in [0.1, 0.15) is 5.56 Å². The summed E-state index contributed by atoms with van der Waals surface area (Å²) in [6, 6.07) is 11.6. The van der Waals surface area contributed by atoms with E-state index in [1.54, 1.807) is 30.3 Å². The Bertz CT molecular complexity index is 1190.